The molecule has 1 aromatic heterocycles. The largest absolute Gasteiger partial charge is 0.342 e. The van der Waals surface area contributed by atoms with Gasteiger partial charge in [-0.3, -0.25) is 4.79 Å². The Hall–Kier alpha value is -2.02. The predicted molar refractivity (Wildman–Crippen MR) is 105 cm³/mol. The Labute approximate surface area is 159 Å². The number of benzene rings is 1. The van der Waals surface area contributed by atoms with Crippen molar-refractivity contribution in [3.63, 3.8) is 0 Å². The lowest BCUT2D eigenvalue weighted by atomic mass is 10.0. The van der Waals surface area contributed by atoms with Crippen molar-refractivity contribution in [3.8, 4) is 0 Å². The van der Waals surface area contributed by atoms with Gasteiger partial charge in [0.25, 0.3) is 0 Å². The van der Waals surface area contributed by atoms with E-state index in [-0.39, 0.29) is 17.2 Å². The minimum absolute atomic E-state index is 0.119. The van der Waals surface area contributed by atoms with Crippen molar-refractivity contribution in [1.82, 2.24) is 19.8 Å². The molecule has 2 atom stereocenters. The number of hydrogen-bond acceptors (Lipinski definition) is 5. The fourth-order valence-electron chi connectivity index (χ4n) is 3.22. The van der Waals surface area contributed by atoms with Crippen molar-refractivity contribution in [3.05, 3.63) is 41.2 Å². The summed E-state index contributed by atoms with van der Waals surface area (Å²) in [5, 5.41) is 8.87. The molecule has 1 amide bonds. The molecule has 26 heavy (non-hydrogen) atoms. The standard InChI is InChI=1S/C19H27N5OS/c1-5-11-23(12-6-2)18(25)17-16(15-9-7-13(3)8-10-15)22-24-14(4)20-21-19(24)26-17/h7-10,16-17,22H,5-6,11-12H2,1-4H3/t16-,17+/m0/s1. The van der Waals surface area contributed by atoms with Crippen LogP contribution >= 0.6 is 11.8 Å². The molecule has 1 aliphatic rings. The van der Waals surface area contributed by atoms with Crippen LogP contribution < -0.4 is 5.43 Å². The molecule has 0 saturated heterocycles. The van der Waals surface area contributed by atoms with Crippen molar-refractivity contribution in [1.29, 1.82) is 0 Å². The van der Waals surface area contributed by atoms with Gasteiger partial charge >= 0.3 is 0 Å². The summed E-state index contributed by atoms with van der Waals surface area (Å²) in [6.07, 6.45) is 1.92. The van der Waals surface area contributed by atoms with Crippen molar-refractivity contribution in [2.24, 2.45) is 0 Å². The van der Waals surface area contributed by atoms with E-state index in [1.807, 2.05) is 16.5 Å². The number of carbonyl (C=O) groups excluding carboxylic acids is 1. The highest BCUT2D eigenvalue weighted by atomic mass is 32.2. The Morgan fingerprint density at radius 1 is 1.15 bits per heavy atom. The van der Waals surface area contributed by atoms with Crippen LogP contribution in [0.2, 0.25) is 0 Å². The lowest BCUT2D eigenvalue weighted by Crippen LogP contribution is -2.46. The topological polar surface area (TPSA) is 63.1 Å². The zero-order chi connectivity index (χ0) is 18.7. The number of hydrogen-bond donors (Lipinski definition) is 1. The van der Waals surface area contributed by atoms with Gasteiger partial charge in [-0.15, -0.1) is 10.2 Å². The Morgan fingerprint density at radius 3 is 2.42 bits per heavy atom. The molecule has 3 rings (SSSR count). The number of thioether (sulfide) groups is 1. The highest BCUT2D eigenvalue weighted by Gasteiger charge is 2.39. The molecule has 1 N–H and O–H groups in total. The molecule has 7 heteroatoms. The van der Waals surface area contributed by atoms with Gasteiger partial charge in [0.2, 0.25) is 11.1 Å². The molecule has 2 heterocycles. The zero-order valence-electron chi connectivity index (χ0n) is 15.9. The Kier molecular flexibility index (Phi) is 5.86. The average molecular weight is 374 g/mol. The van der Waals surface area contributed by atoms with Crippen LogP contribution in [0.25, 0.3) is 0 Å². The highest BCUT2D eigenvalue weighted by molar-refractivity contribution is 8.00. The summed E-state index contributed by atoms with van der Waals surface area (Å²) in [7, 11) is 0. The summed E-state index contributed by atoms with van der Waals surface area (Å²) in [6, 6.07) is 8.26. The fraction of sp³-hybridized carbons (Fsp3) is 0.526. The molecule has 1 aromatic carbocycles. The summed E-state index contributed by atoms with van der Waals surface area (Å²) >= 11 is 1.51. The number of aryl methyl sites for hydroxylation is 2. The quantitative estimate of drug-likeness (QED) is 0.842. The van der Waals surface area contributed by atoms with E-state index >= 15 is 0 Å². The number of aromatic nitrogens is 3. The normalized spacial score (nSPS) is 18.9. The van der Waals surface area contributed by atoms with E-state index < -0.39 is 0 Å². The number of nitrogens with zero attached hydrogens (tertiary/aromatic N) is 4. The van der Waals surface area contributed by atoms with Gasteiger partial charge in [-0.25, -0.2) is 4.68 Å². The van der Waals surface area contributed by atoms with Crippen LogP contribution in [0.4, 0.5) is 0 Å². The molecule has 2 aromatic rings. The number of carbonyl (C=O) groups is 1. The predicted octanol–water partition coefficient (Wildman–Crippen LogP) is 3.30. The molecule has 1 aliphatic heterocycles. The highest BCUT2D eigenvalue weighted by Crippen LogP contribution is 2.38. The van der Waals surface area contributed by atoms with E-state index in [2.05, 4.69) is 60.7 Å². The van der Waals surface area contributed by atoms with Gasteiger partial charge in [0, 0.05) is 13.1 Å². The molecular formula is C19H27N5OS. The lowest BCUT2D eigenvalue weighted by Gasteiger charge is -2.35. The van der Waals surface area contributed by atoms with E-state index in [9.17, 15) is 4.79 Å². The minimum Gasteiger partial charge on any atom is -0.342 e. The van der Waals surface area contributed by atoms with Crippen molar-refractivity contribution in [2.45, 2.75) is 57.0 Å². The van der Waals surface area contributed by atoms with Gasteiger partial charge in [-0.2, -0.15) is 0 Å². The summed E-state index contributed by atoms with van der Waals surface area (Å²) in [6.45, 7) is 9.78. The molecule has 0 fully saturated rings. The van der Waals surface area contributed by atoms with Crippen LogP contribution in [-0.2, 0) is 4.79 Å². The smallest absolute Gasteiger partial charge is 0.238 e. The second-order valence-corrected chi connectivity index (χ2v) is 7.86. The summed E-state index contributed by atoms with van der Waals surface area (Å²) in [5.74, 6) is 0.971. The van der Waals surface area contributed by atoms with Gasteiger partial charge in [0.15, 0.2) is 0 Å². The van der Waals surface area contributed by atoms with Crippen LogP contribution in [0, 0.1) is 13.8 Å². The number of amides is 1. The van der Waals surface area contributed by atoms with Crippen LogP contribution in [-0.4, -0.2) is 44.0 Å². The van der Waals surface area contributed by atoms with Gasteiger partial charge in [0.05, 0.1) is 6.04 Å². The van der Waals surface area contributed by atoms with Crippen molar-refractivity contribution >= 4 is 17.7 Å². The van der Waals surface area contributed by atoms with Crippen LogP contribution in [0.1, 0.15) is 49.7 Å². The maximum Gasteiger partial charge on any atom is 0.238 e. The summed E-state index contributed by atoms with van der Waals surface area (Å²) < 4.78 is 1.89. The van der Waals surface area contributed by atoms with E-state index in [1.165, 1.54) is 17.3 Å². The third kappa shape index (κ3) is 3.72. The molecule has 0 bridgehead atoms. The van der Waals surface area contributed by atoms with Gasteiger partial charge in [0.1, 0.15) is 11.1 Å². The number of nitrogens with one attached hydrogen (secondary N) is 1. The van der Waals surface area contributed by atoms with Gasteiger partial charge in [-0.05, 0) is 32.3 Å². The maximum atomic E-state index is 13.4. The maximum absolute atomic E-state index is 13.4. The number of rotatable bonds is 6. The molecule has 0 saturated carbocycles. The summed E-state index contributed by atoms with van der Waals surface area (Å²) in [4.78, 5) is 15.3. The summed E-state index contributed by atoms with van der Waals surface area (Å²) in [5.41, 5.74) is 5.79. The molecule has 6 nitrogen and oxygen atoms in total. The molecule has 140 valence electrons. The zero-order valence-corrected chi connectivity index (χ0v) is 16.7. The monoisotopic (exact) mass is 373 g/mol. The third-order valence-corrected chi connectivity index (χ3v) is 5.78. The van der Waals surface area contributed by atoms with E-state index in [0.29, 0.717) is 0 Å². The SMILES string of the molecule is CCCN(CCC)C(=O)[C@@H]1Sc2nnc(C)n2N[C@H]1c1ccc(C)cc1. The second-order valence-electron chi connectivity index (χ2n) is 6.75. The minimum atomic E-state index is -0.257. The van der Waals surface area contributed by atoms with Gasteiger partial charge < -0.3 is 10.3 Å². The molecule has 0 unspecified atom stereocenters. The first-order valence-corrected chi connectivity index (χ1v) is 10.1. The van der Waals surface area contributed by atoms with E-state index in [0.717, 1.165) is 42.5 Å². The van der Waals surface area contributed by atoms with Crippen LogP contribution in [0.15, 0.2) is 29.4 Å². The molecular weight excluding hydrogens is 346 g/mol. The Morgan fingerprint density at radius 2 is 1.81 bits per heavy atom. The number of fused-ring (bicyclic) bond motifs is 1. The van der Waals surface area contributed by atoms with Crippen molar-refractivity contribution < 1.29 is 4.79 Å². The second kappa shape index (κ2) is 8.12. The average Bonchev–Trinajstić information content (AvgIpc) is 3.01. The first kappa shape index (κ1) is 18.8. The first-order chi connectivity index (χ1) is 12.5. The lowest BCUT2D eigenvalue weighted by molar-refractivity contribution is -0.131. The first-order valence-electron chi connectivity index (χ1n) is 9.25. The molecule has 0 radical (unpaired) electrons. The van der Waals surface area contributed by atoms with Gasteiger partial charge in [-0.1, -0.05) is 55.4 Å². The van der Waals surface area contributed by atoms with E-state index in [4.69, 9.17) is 0 Å². The Bertz CT molecular complexity index is 752. The Balaban J connectivity index is 1.95. The molecule has 0 aliphatic carbocycles. The van der Waals surface area contributed by atoms with Crippen LogP contribution in [0.3, 0.4) is 0 Å². The third-order valence-electron chi connectivity index (χ3n) is 4.58. The molecule has 0 spiro atoms. The fourth-order valence-corrected chi connectivity index (χ4v) is 4.43. The van der Waals surface area contributed by atoms with E-state index in [1.54, 1.807) is 0 Å². The van der Waals surface area contributed by atoms with Crippen LogP contribution in [0.5, 0.6) is 0 Å². The van der Waals surface area contributed by atoms with Crippen molar-refractivity contribution in [2.75, 3.05) is 18.5 Å².